The lowest BCUT2D eigenvalue weighted by Gasteiger charge is -2.18. The number of aliphatic hydroxyl groups is 1. The minimum Gasteiger partial charge on any atom is -0.392 e. The minimum atomic E-state index is -0.701. The molecular weight excluding hydrogens is 418 g/mol. The number of aliphatic hydroxyl groups excluding tert-OH is 1. The Hall–Kier alpha value is -1.38. The van der Waals surface area contributed by atoms with Crippen LogP contribution in [0.1, 0.15) is 27.7 Å². The lowest BCUT2D eigenvalue weighted by Crippen LogP contribution is -2.37. The van der Waals surface area contributed by atoms with Gasteiger partial charge in [-0.3, -0.25) is 14.2 Å². The summed E-state index contributed by atoms with van der Waals surface area (Å²) in [5, 5.41) is 13.6. The monoisotopic (exact) mass is 441 g/mol. The zero-order valence-electron chi connectivity index (χ0n) is 15.3. The highest BCUT2D eigenvalue weighted by Crippen LogP contribution is 2.21. The molecule has 2 rings (SSSR count). The summed E-state index contributed by atoms with van der Waals surface area (Å²) in [5.74, 6) is 0.394. The molecule has 2 atom stereocenters. The van der Waals surface area contributed by atoms with Gasteiger partial charge in [-0.25, -0.2) is 4.98 Å². The van der Waals surface area contributed by atoms with Gasteiger partial charge in [0.1, 0.15) is 0 Å². The number of nitrogens with one attached hydrogen (secondary N) is 1. The predicted octanol–water partition coefficient (Wildman–Crippen LogP) is 2.79. The lowest BCUT2D eigenvalue weighted by molar-refractivity contribution is -0.119. The van der Waals surface area contributed by atoms with Gasteiger partial charge in [0.25, 0.3) is 5.56 Å². The number of amides is 1. The summed E-state index contributed by atoms with van der Waals surface area (Å²) in [5.41, 5.74) is 0.342. The molecule has 0 radical (unpaired) electrons. The number of benzene rings is 1. The Balaban J connectivity index is 2.31. The summed E-state index contributed by atoms with van der Waals surface area (Å²) in [7, 11) is 0. The fourth-order valence-electron chi connectivity index (χ4n) is 2.30. The molecule has 1 aromatic heterocycles. The minimum absolute atomic E-state index is 0.0738. The number of nitrogens with zero attached hydrogens (tertiary/aromatic N) is 2. The normalized spacial score (nSPS) is 13.8. The van der Waals surface area contributed by atoms with E-state index >= 15 is 0 Å². The molecule has 2 N–H and O–H groups in total. The number of rotatable bonds is 7. The zero-order chi connectivity index (χ0) is 19.4. The fourth-order valence-corrected chi connectivity index (χ4v) is 3.48. The van der Waals surface area contributed by atoms with Gasteiger partial charge in [0.2, 0.25) is 5.91 Å². The standard InChI is InChI=1S/C18H24BrN3O3S/c1-10(2)12(4)20-16(24)9-26-18-21-15-6-5-13(19)7-14(15)17(25)22(18)8-11(3)23/h5-7,10-12,23H,8-9H2,1-4H3,(H,20,24)/t11-,12+/m0/s1. The van der Waals surface area contributed by atoms with Gasteiger partial charge in [-0.15, -0.1) is 0 Å². The largest absolute Gasteiger partial charge is 0.392 e. The van der Waals surface area contributed by atoms with E-state index in [0.717, 1.165) is 4.47 Å². The smallest absolute Gasteiger partial charge is 0.262 e. The molecule has 0 saturated carbocycles. The van der Waals surface area contributed by atoms with Crippen LogP contribution in [0.25, 0.3) is 10.9 Å². The second-order valence-corrected chi connectivity index (χ2v) is 8.57. The van der Waals surface area contributed by atoms with Crippen LogP contribution in [0.3, 0.4) is 0 Å². The summed E-state index contributed by atoms with van der Waals surface area (Å²) in [6.45, 7) is 7.79. The van der Waals surface area contributed by atoms with Gasteiger partial charge in [0.05, 0.1) is 29.3 Å². The van der Waals surface area contributed by atoms with Crippen molar-refractivity contribution in [3.8, 4) is 0 Å². The molecule has 1 amide bonds. The van der Waals surface area contributed by atoms with Crippen LogP contribution in [-0.2, 0) is 11.3 Å². The maximum Gasteiger partial charge on any atom is 0.262 e. The highest BCUT2D eigenvalue weighted by molar-refractivity contribution is 9.10. The lowest BCUT2D eigenvalue weighted by atomic mass is 10.1. The molecule has 0 saturated heterocycles. The van der Waals surface area contributed by atoms with Crippen molar-refractivity contribution in [2.45, 2.75) is 51.5 Å². The van der Waals surface area contributed by atoms with Crippen LogP contribution in [0, 0.1) is 5.92 Å². The van der Waals surface area contributed by atoms with E-state index < -0.39 is 6.10 Å². The van der Waals surface area contributed by atoms with Crippen molar-refractivity contribution in [3.63, 3.8) is 0 Å². The second kappa shape index (κ2) is 9.01. The Bertz CT molecular complexity index is 851. The van der Waals surface area contributed by atoms with E-state index in [2.05, 4.69) is 26.2 Å². The number of fused-ring (bicyclic) bond motifs is 1. The highest BCUT2D eigenvalue weighted by atomic mass is 79.9. The summed E-state index contributed by atoms with van der Waals surface area (Å²) in [4.78, 5) is 29.5. The molecule has 1 heterocycles. The number of hydrogen-bond donors (Lipinski definition) is 2. The van der Waals surface area contributed by atoms with Gasteiger partial charge in [-0.05, 0) is 38.0 Å². The van der Waals surface area contributed by atoms with Crippen molar-refractivity contribution < 1.29 is 9.90 Å². The Kier molecular flexibility index (Phi) is 7.25. The third kappa shape index (κ3) is 5.31. The molecule has 0 spiro atoms. The molecule has 142 valence electrons. The molecule has 0 aliphatic heterocycles. The Morgan fingerprint density at radius 2 is 2.04 bits per heavy atom. The van der Waals surface area contributed by atoms with Crippen LogP contribution in [-0.4, -0.2) is 38.5 Å². The van der Waals surface area contributed by atoms with Gasteiger partial charge < -0.3 is 10.4 Å². The zero-order valence-corrected chi connectivity index (χ0v) is 17.7. The van der Waals surface area contributed by atoms with Gasteiger partial charge in [-0.2, -0.15) is 0 Å². The SMILES string of the molecule is CC(C)[C@@H](C)NC(=O)CSc1nc2ccc(Br)cc2c(=O)n1C[C@H](C)O. The molecule has 0 fully saturated rings. The summed E-state index contributed by atoms with van der Waals surface area (Å²) >= 11 is 4.56. The van der Waals surface area contributed by atoms with Crippen LogP contribution >= 0.6 is 27.7 Å². The Morgan fingerprint density at radius 3 is 2.65 bits per heavy atom. The highest BCUT2D eigenvalue weighted by Gasteiger charge is 2.16. The molecule has 1 aromatic carbocycles. The first-order valence-corrected chi connectivity index (χ1v) is 10.3. The first kappa shape index (κ1) is 20.9. The first-order valence-electron chi connectivity index (χ1n) is 8.49. The fraction of sp³-hybridized carbons (Fsp3) is 0.500. The van der Waals surface area contributed by atoms with E-state index in [1.54, 1.807) is 19.1 Å². The van der Waals surface area contributed by atoms with Crippen molar-refractivity contribution in [2.75, 3.05) is 5.75 Å². The third-order valence-corrected chi connectivity index (χ3v) is 5.52. The van der Waals surface area contributed by atoms with Crippen LogP contribution in [0.5, 0.6) is 0 Å². The molecule has 0 unspecified atom stereocenters. The molecule has 0 aliphatic carbocycles. The van der Waals surface area contributed by atoms with Crippen LogP contribution in [0.4, 0.5) is 0 Å². The number of hydrogen-bond acceptors (Lipinski definition) is 5. The van der Waals surface area contributed by atoms with Crippen LogP contribution in [0.2, 0.25) is 0 Å². The summed E-state index contributed by atoms with van der Waals surface area (Å²) in [6, 6.07) is 5.37. The number of carbonyl (C=O) groups excluding carboxylic acids is 1. The van der Waals surface area contributed by atoms with Crippen molar-refractivity contribution in [3.05, 3.63) is 33.0 Å². The van der Waals surface area contributed by atoms with Crippen molar-refractivity contribution in [2.24, 2.45) is 5.92 Å². The van der Waals surface area contributed by atoms with Crippen molar-refractivity contribution in [1.82, 2.24) is 14.9 Å². The van der Waals surface area contributed by atoms with Gasteiger partial charge >= 0.3 is 0 Å². The van der Waals surface area contributed by atoms with Gasteiger partial charge in [-0.1, -0.05) is 41.5 Å². The Morgan fingerprint density at radius 1 is 1.35 bits per heavy atom. The number of halogens is 1. The van der Waals surface area contributed by atoms with Crippen LogP contribution < -0.4 is 10.9 Å². The second-order valence-electron chi connectivity index (χ2n) is 6.71. The predicted molar refractivity (Wildman–Crippen MR) is 109 cm³/mol. The Labute approximate surface area is 165 Å². The summed E-state index contributed by atoms with van der Waals surface area (Å²) in [6.07, 6.45) is -0.701. The van der Waals surface area contributed by atoms with Crippen molar-refractivity contribution in [1.29, 1.82) is 0 Å². The van der Waals surface area contributed by atoms with Gasteiger partial charge in [0.15, 0.2) is 5.16 Å². The first-order chi connectivity index (χ1) is 12.2. The maximum absolute atomic E-state index is 12.8. The molecule has 6 nitrogen and oxygen atoms in total. The van der Waals surface area contributed by atoms with E-state index in [-0.39, 0.29) is 29.8 Å². The van der Waals surface area contributed by atoms with Gasteiger partial charge in [0, 0.05) is 10.5 Å². The van der Waals surface area contributed by atoms with E-state index in [1.807, 2.05) is 26.8 Å². The average Bonchev–Trinajstić information content (AvgIpc) is 2.56. The molecule has 2 aromatic rings. The number of aromatic nitrogens is 2. The molecule has 8 heteroatoms. The van der Waals surface area contributed by atoms with Crippen molar-refractivity contribution >= 4 is 44.5 Å². The van der Waals surface area contributed by atoms with E-state index in [9.17, 15) is 14.7 Å². The van der Waals surface area contributed by atoms with Crippen LogP contribution in [0.15, 0.2) is 32.6 Å². The third-order valence-electron chi connectivity index (χ3n) is 4.05. The quantitative estimate of drug-likeness (QED) is 0.509. The van der Waals surface area contributed by atoms with E-state index in [4.69, 9.17) is 0 Å². The molecular formula is C18H24BrN3O3S. The summed E-state index contributed by atoms with van der Waals surface area (Å²) < 4.78 is 2.22. The van der Waals surface area contributed by atoms with E-state index in [1.165, 1.54) is 16.3 Å². The molecule has 0 aliphatic rings. The average molecular weight is 442 g/mol. The number of carbonyl (C=O) groups is 1. The molecule has 26 heavy (non-hydrogen) atoms. The topological polar surface area (TPSA) is 84.2 Å². The maximum atomic E-state index is 12.8. The number of thioether (sulfide) groups is 1. The van der Waals surface area contributed by atoms with E-state index in [0.29, 0.717) is 22.0 Å². The molecule has 0 bridgehead atoms.